The molecular formula is C61H94O8. The maximum Gasteiger partial charge on any atom is 0.305 e. The molecule has 0 aromatic rings. The predicted molar refractivity (Wildman–Crippen MR) is 286 cm³/mol. The third-order valence-electron chi connectivity index (χ3n) is 13.8. The summed E-state index contributed by atoms with van der Waals surface area (Å²) in [5.41, 5.74) is 9.32. The van der Waals surface area contributed by atoms with Crippen molar-refractivity contribution in [3.8, 4) is 0 Å². The molecule has 8 nitrogen and oxygen atoms in total. The zero-order chi connectivity index (χ0) is 51.1. The largest absolute Gasteiger partial charge is 0.463 e. The number of allylic oxidation sites excluding steroid dienone is 20. The number of esters is 1. The van der Waals surface area contributed by atoms with Crippen molar-refractivity contribution in [2.45, 2.75) is 222 Å². The Hall–Kier alpha value is -3.63. The Labute approximate surface area is 419 Å². The number of hydrogen-bond donors (Lipinski definition) is 4. The highest BCUT2D eigenvalue weighted by molar-refractivity contribution is 5.69. The van der Waals surface area contributed by atoms with Crippen LogP contribution in [0.5, 0.6) is 0 Å². The molecule has 69 heavy (non-hydrogen) atoms. The van der Waals surface area contributed by atoms with E-state index < -0.39 is 30.7 Å². The van der Waals surface area contributed by atoms with E-state index in [1.54, 1.807) is 0 Å². The quantitative estimate of drug-likeness (QED) is 0.0384. The van der Waals surface area contributed by atoms with Crippen LogP contribution in [-0.2, 0) is 19.0 Å². The molecule has 0 unspecified atom stereocenters. The Morgan fingerprint density at radius 1 is 0.623 bits per heavy atom. The van der Waals surface area contributed by atoms with Crippen LogP contribution in [0.4, 0.5) is 0 Å². The molecule has 1 saturated heterocycles. The summed E-state index contributed by atoms with van der Waals surface area (Å²) in [6, 6.07) is 0. The first-order chi connectivity index (χ1) is 32.6. The van der Waals surface area contributed by atoms with Crippen LogP contribution in [0.15, 0.2) is 130 Å². The number of unbranched alkanes of at least 4 members (excludes halogenated alkanes) is 8. The maximum atomic E-state index is 12.6. The van der Waals surface area contributed by atoms with Crippen LogP contribution >= 0.6 is 0 Å². The first-order valence-electron chi connectivity index (χ1n) is 26.3. The number of rotatable bonds is 26. The molecule has 0 aromatic carbocycles. The molecule has 3 rings (SSSR count). The van der Waals surface area contributed by atoms with Crippen LogP contribution in [0, 0.1) is 16.7 Å². The van der Waals surface area contributed by atoms with Gasteiger partial charge in [0.2, 0.25) is 0 Å². The van der Waals surface area contributed by atoms with E-state index in [4.69, 9.17) is 14.2 Å². The normalized spacial score (nSPS) is 26.7. The van der Waals surface area contributed by atoms with E-state index in [1.807, 2.05) is 0 Å². The van der Waals surface area contributed by atoms with Crippen molar-refractivity contribution in [3.63, 3.8) is 0 Å². The molecule has 3 aliphatic rings. The molecule has 0 saturated carbocycles. The molecule has 7 atom stereocenters. The number of carbonyl (C=O) groups is 1. The fourth-order valence-corrected chi connectivity index (χ4v) is 9.86. The first-order valence-corrected chi connectivity index (χ1v) is 26.3. The molecule has 0 aromatic heterocycles. The summed E-state index contributed by atoms with van der Waals surface area (Å²) in [5, 5.41) is 42.5. The monoisotopic (exact) mass is 955 g/mol. The van der Waals surface area contributed by atoms with E-state index in [2.05, 4.69) is 168 Å². The van der Waals surface area contributed by atoms with Crippen molar-refractivity contribution >= 4 is 5.97 Å². The molecule has 1 fully saturated rings. The van der Waals surface area contributed by atoms with Gasteiger partial charge in [-0.2, -0.15) is 0 Å². The number of ether oxygens (including phenoxy) is 3. The molecule has 0 bridgehead atoms. The summed E-state index contributed by atoms with van der Waals surface area (Å²) in [4.78, 5) is 12.6. The fourth-order valence-electron chi connectivity index (χ4n) is 9.86. The fraction of sp³-hybridized carbons (Fsp3) is 0.623. The van der Waals surface area contributed by atoms with Crippen LogP contribution in [0.3, 0.4) is 0 Å². The van der Waals surface area contributed by atoms with Gasteiger partial charge in [0.15, 0.2) is 6.29 Å². The van der Waals surface area contributed by atoms with E-state index in [0.29, 0.717) is 19.3 Å². The molecule has 0 amide bonds. The van der Waals surface area contributed by atoms with Crippen LogP contribution in [0.1, 0.15) is 179 Å². The van der Waals surface area contributed by atoms with Crippen molar-refractivity contribution in [3.05, 3.63) is 130 Å². The van der Waals surface area contributed by atoms with Crippen molar-refractivity contribution in [1.29, 1.82) is 0 Å². The third kappa shape index (κ3) is 22.1. The summed E-state index contributed by atoms with van der Waals surface area (Å²) >= 11 is 0. The average molecular weight is 955 g/mol. The molecule has 1 heterocycles. The van der Waals surface area contributed by atoms with Crippen LogP contribution < -0.4 is 0 Å². The SMILES string of the molecule is CC1=C(/C=C/C(C)=C/C=C/C(C)=C/C=C/C=C(C)/C=C/C=C(C)/C=C/C2=C(C)C[C@@H](O[C@@H]3O[C@H](COC(=O)CCCCCCCCCCCC(C)C)[C@@H](O)[C@H](O)[C@H]3O)CC2(C)C)C(C)(C)C[C@H](O)C1. The van der Waals surface area contributed by atoms with Crippen molar-refractivity contribution in [1.82, 2.24) is 0 Å². The molecular weight excluding hydrogens is 861 g/mol. The highest BCUT2D eigenvalue weighted by atomic mass is 16.7. The third-order valence-corrected chi connectivity index (χ3v) is 13.8. The predicted octanol–water partition coefficient (Wildman–Crippen LogP) is 13.9. The molecule has 2 aliphatic carbocycles. The summed E-state index contributed by atoms with van der Waals surface area (Å²) in [6.07, 6.45) is 37.4. The zero-order valence-corrected chi connectivity index (χ0v) is 44.9. The van der Waals surface area contributed by atoms with Gasteiger partial charge in [-0.05, 0) is 102 Å². The Bertz CT molecular complexity index is 1960. The van der Waals surface area contributed by atoms with Gasteiger partial charge in [-0.25, -0.2) is 0 Å². The number of aliphatic hydroxyl groups excluding tert-OH is 4. The van der Waals surface area contributed by atoms with Gasteiger partial charge in [0.05, 0.1) is 12.2 Å². The summed E-state index contributed by atoms with van der Waals surface area (Å²) in [6.45, 7) is 25.7. The average Bonchev–Trinajstić information content (AvgIpc) is 3.25. The Morgan fingerprint density at radius 3 is 1.59 bits per heavy atom. The van der Waals surface area contributed by atoms with Gasteiger partial charge in [0.1, 0.15) is 31.0 Å². The van der Waals surface area contributed by atoms with E-state index in [-0.39, 0.29) is 35.6 Å². The van der Waals surface area contributed by atoms with Crippen LogP contribution in [-0.4, -0.2) is 75.9 Å². The maximum absolute atomic E-state index is 12.6. The van der Waals surface area contributed by atoms with E-state index in [9.17, 15) is 25.2 Å². The smallest absolute Gasteiger partial charge is 0.305 e. The second-order valence-corrected chi connectivity index (χ2v) is 22.1. The van der Waals surface area contributed by atoms with E-state index in [1.165, 1.54) is 72.8 Å². The van der Waals surface area contributed by atoms with Crippen LogP contribution in [0.2, 0.25) is 0 Å². The van der Waals surface area contributed by atoms with Gasteiger partial charge >= 0.3 is 5.97 Å². The molecule has 4 N–H and O–H groups in total. The number of carbonyl (C=O) groups excluding carboxylic acids is 1. The molecule has 8 heteroatoms. The standard InChI is InChI=1S/C61H94O8/c1-43(2)26-20-18-16-14-13-15-17-19-21-33-55(63)67-42-54-56(64)57(65)58(66)59(69-54)68-51-39-49(8)53(61(11,12)41-51)37-35-47(6)32-25-30-45(4)28-23-22-27-44(3)29-24-31-46(5)34-36-52-48(7)38-50(62)40-60(52,9)10/h22-25,27-32,34-37,43,50-51,54,56-59,62,64-66H,13-21,26,33,38-42H2,1-12H3/b23-22+,29-24+,30-25+,36-34+,37-35+,44-27+,45-28+,46-31+,47-32+/t50-,51-,54-,56-,57+,58-,59-/m1/s1. The summed E-state index contributed by atoms with van der Waals surface area (Å²) in [5.74, 6) is 0.431. The topological polar surface area (TPSA) is 126 Å². The second-order valence-electron chi connectivity index (χ2n) is 22.1. The van der Waals surface area contributed by atoms with E-state index in [0.717, 1.165) is 54.7 Å². The van der Waals surface area contributed by atoms with Gasteiger partial charge < -0.3 is 34.6 Å². The van der Waals surface area contributed by atoms with Crippen molar-refractivity contribution in [2.24, 2.45) is 16.7 Å². The first kappa shape index (κ1) is 59.7. The summed E-state index contributed by atoms with van der Waals surface area (Å²) < 4.78 is 17.8. The second kappa shape index (κ2) is 30.3. The van der Waals surface area contributed by atoms with Crippen LogP contribution in [0.25, 0.3) is 0 Å². The van der Waals surface area contributed by atoms with Gasteiger partial charge in [-0.1, -0.05) is 218 Å². The molecule has 0 spiro atoms. The lowest BCUT2D eigenvalue weighted by Crippen LogP contribution is -2.60. The minimum atomic E-state index is -1.50. The molecule has 386 valence electrons. The zero-order valence-electron chi connectivity index (χ0n) is 44.9. The number of aliphatic hydroxyl groups is 4. The highest BCUT2D eigenvalue weighted by Gasteiger charge is 2.46. The summed E-state index contributed by atoms with van der Waals surface area (Å²) in [7, 11) is 0. The lowest BCUT2D eigenvalue weighted by Gasteiger charge is -2.43. The van der Waals surface area contributed by atoms with Crippen molar-refractivity contribution < 1.29 is 39.4 Å². The lowest BCUT2D eigenvalue weighted by molar-refractivity contribution is -0.313. The molecule has 1 aliphatic heterocycles. The molecule has 0 radical (unpaired) electrons. The Kier molecular flexibility index (Phi) is 26.2. The van der Waals surface area contributed by atoms with Crippen molar-refractivity contribution in [2.75, 3.05) is 6.61 Å². The van der Waals surface area contributed by atoms with Gasteiger partial charge in [0.25, 0.3) is 0 Å². The van der Waals surface area contributed by atoms with Gasteiger partial charge in [-0.15, -0.1) is 0 Å². The minimum absolute atomic E-state index is 0.0229. The highest BCUT2D eigenvalue weighted by Crippen LogP contribution is 2.43. The van der Waals surface area contributed by atoms with E-state index >= 15 is 0 Å². The van der Waals surface area contributed by atoms with Gasteiger partial charge in [-0.3, -0.25) is 4.79 Å². The Morgan fingerprint density at radius 2 is 1.09 bits per heavy atom. The number of hydrogen-bond acceptors (Lipinski definition) is 8. The minimum Gasteiger partial charge on any atom is -0.463 e. The lowest BCUT2D eigenvalue weighted by atomic mass is 9.71. The van der Waals surface area contributed by atoms with Gasteiger partial charge in [0, 0.05) is 6.42 Å². The Balaban J connectivity index is 1.45.